The Morgan fingerprint density at radius 2 is 1.38 bits per heavy atom. The van der Waals surface area contributed by atoms with E-state index in [1.807, 2.05) is 39.0 Å². The minimum Gasteiger partial charge on any atom is -0.206 e. The highest BCUT2D eigenvalue weighted by Gasteiger charge is 2.34. The largest absolute Gasteiger partial charge is 0.256 e. The molecule has 7 heteroatoms. The minimum absolute atomic E-state index is 0.00297. The predicted octanol–water partition coefficient (Wildman–Crippen LogP) is 4.46. The molecule has 0 saturated heterocycles. The molecule has 29 heavy (non-hydrogen) atoms. The van der Waals surface area contributed by atoms with Crippen molar-refractivity contribution in [3.63, 3.8) is 0 Å². The zero-order chi connectivity index (χ0) is 21.6. The first-order valence-corrected chi connectivity index (χ1v) is 12.1. The Morgan fingerprint density at radius 3 is 2.00 bits per heavy atom. The van der Waals surface area contributed by atoms with E-state index >= 15 is 0 Å². The highest BCUT2D eigenvalue weighted by molar-refractivity contribution is 8.04. The predicted molar refractivity (Wildman–Crippen MR) is 116 cm³/mol. The minimum atomic E-state index is -4.27. The van der Waals surface area contributed by atoms with Crippen LogP contribution in [0.3, 0.4) is 0 Å². The van der Waals surface area contributed by atoms with Gasteiger partial charge in [-0.1, -0.05) is 66.9 Å². The summed E-state index contributed by atoms with van der Waals surface area (Å²) in [5, 5.41) is 1.61. The Labute approximate surface area is 173 Å². The fourth-order valence-corrected chi connectivity index (χ4v) is 6.46. The zero-order valence-electron chi connectivity index (χ0n) is 17.2. The molecule has 3 aromatic rings. The van der Waals surface area contributed by atoms with Crippen molar-refractivity contribution in [1.82, 2.24) is 3.71 Å². The van der Waals surface area contributed by atoms with Crippen LogP contribution >= 0.6 is 0 Å². The van der Waals surface area contributed by atoms with Crippen LogP contribution in [0.2, 0.25) is 0 Å². The van der Waals surface area contributed by atoms with Crippen LogP contribution in [0.1, 0.15) is 31.9 Å². The number of benzene rings is 3. The summed E-state index contributed by atoms with van der Waals surface area (Å²) in [6.45, 7) is 7.59. The summed E-state index contributed by atoms with van der Waals surface area (Å²) in [6.07, 6.45) is 0. The van der Waals surface area contributed by atoms with Crippen LogP contribution in [0.5, 0.6) is 0 Å². The second kappa shape index (κ2) is 7.23. The molecule has 0 aliphatic carbocycles. The van der Waals surface area contributed by atoms with Crippen molar-refractivity contribution in [3.05, 3.63) is 71.8 Å². The molecule has 0 amide bonds. The van der Waals surface area contributed by atoms with Gasteiger partial charge in [0.15, 0.2) is 0 Å². The summed E-state index contributed by atoms with van der Waals surface area (Å²) in [7, 11) is -7.44. The summed E-state index contributed by atoms with van der Waals surface area (Å²) < 4.78 is 53.3. The molecule has 0 atom stereocenters. The summed E-state index contributed by atoms with van der Waals surface area (Å²) in [5.74, 6) is 0. The van der Waals surface area contributed by atoms with Gasteiger partial charge >= 0.3 is 0 Å². The number of rotatable bonds is 4. The SMILES string of the molecule is Cc1ccc(C(C)(C)C)cc1S(=O)(=O)N(C)S(=O)(=O)c1ccc2ccccc2c1. The fourth-order valence-electron chi connectivity index (χ4n) is 3.09. The molecular weight excluding hydrogens is 406 g/mol. The molecule has 0 aliphatic rings. The first-order valence-electron chi connectivity index (χ1n) is 9.19. The van der Waals surface area contributed by atoms with Crippen LogP contribution in [0.4, 0.5) is 0 Å². The third-order valence-electron chi connectivity index (χ3n) is 5.03. The third-order valence-corrected chi connectivity index (χ3v) is 9.40. The van der Waals surface area contributed by atoms with E-state index in [1.165, 1.54) is 12.1 Å². The molecule has 0 aliphatic heterocycles. The van der Waals surface area contributed by atoms with Gasteiger partial charge in [-0.3, -0.25) is 0 Å². The van der Waals surface area contributed by atoms with Gasteiger partial charge in [0.25, 0.3) is 20.0 Å². The van der Waals surface area contributed by atoms with Gasteiger partial charge in [0.1, 0.15) is 0 Å². The van der Waals surface area contributed by atoms with E-state index in [0.717, 1.165) is 23.4 Å². The lowest BCUT2D eigenvalue weighted by molar-refractivity contribution is 0.525. The van der Waals surface area contributed by atoms with Crippen LogP contribution in [0.25, 0.3) is 10.8 Å². The topological polar surface area (TPSA) is 71.5 Å². The molecule has 0 spiro atoms. The quantitative estimate of drug-likeness (QED) is 0.612. The van der Waals surface area contributed by atoms with Crippen LogP contribution in [-0.2, 0) is 25.5 Å². The maximum atomic E-state index is 13.3. The van der Waals surface area contributed by atoms with Crippen molar-refractivity contribution in [1.29, 1.82) is 0 Å². The van der Waals surface area contributed by atoms with E-state index in [2.05, 4.69) is 0 Å². The number of fused-ring (bicyclic) bond motifs is 1. The van der Waals surface area contributed by atoms with E-state index < -0.39 is 20.0 Å². The third kappa shape index (κ3) is 3.95. The van der Waals surface area contributed by atoms with Gasteiger partial charge in [-0.2, -0.15) is 0 Å². The Hall–Kier alpha value is -2.22. The van der Waals surface area contributed by atoms with Gasteiger partial charge in [0.05, 0.1) is 9.79 Å². The van der Waals surface area contributed by atoms with Crippen molar-refractivity contribution < 1.29 is 16.8 Å². The van der Waals surface area contributed by atoms with Crippen molar-refractivity contribution >= 4 is 30.8 Å². The molecule has 0 unspecified atom stereocenters. The van der Waals surface area contributed by atoms with Crippen LogP contribution < -0.4 is 0 Å². The molecule has 0 saturated carbocycles. The maximum Gasteiger partial charge on any atom is 0.256 e. The van der Waals surface area contributed by atoms with Crippen LogP contribution in [0.15, 0.2) is 70.5 Å². The number of hydrogen-bond acceptors (Lipinski definition) is 4. The Morgan fingerprint density at radius 1 is 0.759 bits per heavy atom. The first-order chi connectivity index (χ1) is 13.3. The molecule has 154 valence electrons. The van der Waals surface area contributed by atoms with Crippen molar-refractivity contribution in [2.75, 3.05) is 7.05 Å². The van der Waals surface area contributed by atoms with Crippen LogP contribution in [-0.4, -0.2) is 27.6 Å². The summed E-state index contributed by atoms with van der Waals surface area (Å²) in [6, 6.07) is 17.1. The molecular formula is C22H25NO4S2. The van der Waals surface area contributed by atoms with E-state index in [0.29, 0.717) is 9.27 Å². The molecule has 0 fully saturated rings. The second-order valence-corrected chi connectivity index (χ2v) is 12.3. The molecule has 3 aromatic carbocycles. The molecule has 5 nitrogen and oxygen atoms in total. The molecule has 0 radical (unpaired) electrons. The number of sulfonamides is 2. The van der Waals surface area contributed by atoms with Crippen LogP contribution in [0, 0.1) is 6.92 Å². The maximum absolute atomic E-state index is 13.3. The normalized spacial score (nSPS) is 13.2. The Bertz CT molecular complexity index is 1290. The van der Waals surface area contributed by atoms with E-state index in [-0.39, 0.29) is 15.2 Å². The number of nitrogens with zero attached hydrogens (tertiary/aromatic N) is 1. The van der Waals surface area contributed by atoms with Crippen molar-refractivity contribution in [2.24, 2.45) is 0 Å². The standard InChI is InChI=1S/C22H25NO4S2/c1-16-10-12-19(22(2,3)4)15-21(16)29(26,27)23(5)28(24,25)20-13-11-17-8-6-7-9-18(17)14-20/h6-15H,1-5H3. The highest BCUT2D eigenvalue weighted by atomic mass is 32.3. The summed E-state index contributed by atoms with van der Waals surface area (Å²) >= 11 is 0. The van der Waals surface area contributed by atoms with Gasteiger partial charge in [0, 0.05) is 7.05 Å². The number of hydrogen-bond donors (Lipinski definition) is 0. The van der Waals surface area contributed by atoms with E-state index in [9.17, 15) is 16.8 Å². The number of aryl methyl sites for hydroxylation is 1. The monoisotopic (exact) mass is 431 g/mol. The lowest BCUT2D eigenvalue weighted by Crippen LogP contribution is -2.34. The highest BCUT2D eigenvalue weighted by Crippen LogP contribution is 2.30. The first kappa shape index (κ1) is 21.5. The average molecular weight is 432 g/mol. The van der Waals surface area contributed by atoms with E-state index in [4.69, 9.17) is 0 Å². The van der Waals surface area contributed by atoms with Crippen molar-refractivity contribution in [3.8, 4) is 0 Å². The summed E-state index contributed by atoms with van der Waals surface area (Å²) in [5.41, 5.74) is 1.05. The Kier molecular flexibility index (Phi) is 5.36. The molecule has 0 heterocycles. The van der Waals surface area contributed by atoms with Crippen molar-refractivity contribution in [2.45, 2.75) is 42.9 Å². The van der Waals surface area contributed by atoms with Gasteiger partial charge in [-0.05, 0) is 52.4 Å². The Balaban J connectivity index is 2.11. The van der Waals surface area contributed by atoms with E-state index in [1.54, 1.807) is 37.3 Å². The average Bonchev–Trinajstić information content (AvgIpc) is 2.66. The zero-order valence-corrected chi connectivity index (χ0v) is 18.8. The summed E-state index contributed by atoms with van der Waals surface area (Å²) in [4.78, 5) is -0.0660. The second-order valence-electron chi connectivity index (χ2n) is 8.13. The van der Waals surface area contributed by atoms with Gasteiger partial charge in [0.2, 0.25) is 0 Å². The molecule has 0 N–H and O–H groups in total. The fraction of sp³-hybridized carbons (Fsp3) is 0.273. The van der Waals surface area contributed by atoms with Gasteiger partial charge < -0.3 is 0 Å². The van der Waals surface area contributed by atoms with Gasteiger partial charge in [-0.25, -0.2) is 16.8 Å². The smallest absolute Gasteiger partial charge is 0.206 e. The molecule has 0 bridgehead atoms. The molecule has 3 rings (SSSR count). The molecule has 0 aromatic heterocycles. The lowest BCUT2D eigenvalue weighted by Gasteiger charge is -2.23. The van der Waals surface area contributed by atoms with Gasteiger partial charge in [-0.15, -0.1) is 0 Å². The lowest BCUT2D eigenvalue weighted by atomic mass is 9.87.